The summed E-state index contributed by atoms with van der Waals surface area (Å²) in [7, 11) is 1.73. The maximum absolute atomic E-state index is 10.3. The average molecular weight is 187 g/mol. The zero-order chi connectivity index (χ0) is 9.68. The van der Waals surface area contributed by atoms with E-state index in [0.717, 1.165) is 25.9 Å². The Morgan fingerprint density at radius 3 is 2.62 bits per heavy atom. The molecule has 1 heterocycles. The van der Waals surface area contributed by atoms with E-state index in [0.29, 0.717) is 12.6 Å². The van der Waals surface area contributed by atoms with Crippen molar-refractivity contribution in [3.8, 4) is 0 Å². The first-order valence-corrected chi connectivity index (χ1v) is 4.69. The second kappa shape index (κ2) is 5.19. The van der Waals surface area contributed by atoms with Crippen LogP contribution in [-0.4, -0.2) is 48.8 Å². The van der Waals surface area contributed by atoms with Crippen LogP contribution in [0.1, 0.15) is 19.3 Å². The van der Waals surface area contributed by atoms with Gasteiger partial charge in [0.15, 0.2) is 0 Å². The van der Waals surface area contributed by atoms with Crippen molar-refractivity contribution in [2.75, 3.05) is 26.7 Å². The summed E-state index contributed by atoms with van der Waals surface area (Å²) in [4.78, 5) is 12.5. The fourth-order valence-electron chi connectivity index (χ4n) is 1.62. The summed E-state index contributed by atoms with van der Waals surface area (Å²) in [6, 6.07) is 0. The molecule has 1 N–H and O–H groups in total. The largest absolute Gasteiger partial charge is 0.481 e. The van der Waals surface area contributed by atoms with Crippen LogP contribution in [0, 0.1) is 0 Å². The molecular formula is C9H17NO3. The molecule has 0 spiro atoms. The van der Waals surface area contributed by atoms with Crippen LogP contribution in [0.25, 0.3) is 0 Å². The van der Waals surface area contributed by atoms with Crippen LogP contribution >= 0.6 is 0 Å². The number of carbonyl (C=O) groups is 1. The summed E-state index contributed by atoms with van der Waals surface area (Å²) in [5, 5.41) is 8.49. The van der Waals surface area contributed by atoms with Gasteiger partial charge < -0.3 is 14.7 Å². The van der Waals surface area contributed by atoms with E-state index in [4.69, 9.17) is 9.84 Å². The molecule has 0 aliphatic carbocycles. The number of likely N-dealkylation sites (tertiary alicyclic amines) is 1. The number of aliphatic carboxylic acids is 1. The van der Waals surface area contributed by atoms with Gasteiger partial charge in [0.1, 0.15) is 0 Å². The van der Waals surface area contributed by atoms with Crippen LogP contribution in [-0.2, 0) is 9.53 Å². The molecule has 76 valence electrons. The molecule has 0 aromatic carbocycles. The lowest BCUT2D eigenvalue weighted by Crippen LogP contribution is -2.37. The lowest BCUT2D eigenvalue weighted by molar-refractivity contribution is -0.137. The van der Waals surface area contributed by atoms with Gasteiger partial charge in [0.2, 0.25) is 0 Å². The number of carboxylic acids is 1. The van der Waals surface area contributed by atoms with Gasteiger partial charge in [-0.15, -0.1) is 0 Å². The SMILES string of the molecule is COC1CCN(CCC(=O)O)CC1. The minimum Gasteiger partial charge on any atom is -0.481 e. The molecule has 1 aliphatic heterocycles. The van der Waals surface area contributed by atoms with Crippen LogP contribution in [0.5, 0.6) is 0 Å². The zero-order valence-electron chi connectivity index (χ0n) is 8.03. The van der Waals surface area contributed by atoms with Crippen LogP contribution in [0.4, 0.5) is 0 Å². The van der Waals surface area contributed by atoms with Crippen molar-refractivity contribution in [2.24, 2.45) is 0 Å². The van der Waals surface area contributed by atoms with Crippen molar-refractivity contribution in [2.45, 2.75) is 25.4 Å². The third-order valence-corrected chi connectivity index (χ3v) is 2.51. The fraction of sp³-hybridized carbons (Fsp3) is 0.889. The molecule has 1 fully saturated rings. The third kappa shape index (κ3) is 3.74. The van der Waals surface area contributed by atoms with Gasteiger partial charge in [-0.05, 0) is 12.8 Å². The van der Waals surface area contributed by atoms with Crippen LogP contribution < -0.4 is 0 Å². The molecule has 0 aromatic heterocycles. The summed E-state index contributed by atoms with van der Waals surface area (Å²) in [5.41, 5.74) is 0. The minimum atomic E-state index is -0.714. The lowest BCUT2D eigenvalue weighted by Gasteiger charge is -2.30. The number of ether oxygens (including phenoxy) is 1. The van der Waals surface area contributed by atoms with Crippen molar-refractivity contribution in [3.05, 3.63) is 0 Å². The second-order valence-corrected chi connectivity index (χ2v) is 3.42. The first-order chi connectivity index (χ1) is 6.22. The highest BCUT2D eigenvalue weighted by atomic mass is 16.5. The zero-order valence-corrected chi connectivity index (χ0v) is 8.03. The Kier molecular flexibility index (Phi) is 4.18. The molecular weight excluding hydrogens is 170 g/mol. The lowest BCUT2D eigenvalue weighted by atomic mass is 10.1. The third-order valence-electron chi connectivity index (χ3n) is 2.51. The molecule has 1 saturated heterocycles. The number of methoxy groups -OCH3 is 1. The molecule has 1 rings (SSSR count). The Morgan fingerprint density at radius 1 is 1.54 bits per heavy atom. The maximum Gasteiger partial charge on any atom is 0.304 e. The molecule has 1 aliphatic rings. The highest BCUT2D eigenvalue weighted by molar-refractivity contribution is 5.66. The Labute approximate surface area is 78.5 Å². The van der Waals surface area contributed by atoms with Gasteiger partial charge in [-0.3, -0.25) is 4.79 Å². The predicted molar refractivity (Wildman–Crippen MR) is 48.7 cm³/mol. The Morgan fingerprint density at radius 2 is 2.15 bits per heavy atom. The Balaban J connectivity index is 2.14. The van der Waals surface area contributed by atoms with Crippen molar-refractivity contribution in [1.82, 2.24) is 4.90 Å². The normalized spacial score (nSPS) is 20.4. The first kappa shape index (κ1) is 10.5. The van der Waals surface area contributed by atoms with Crippen molar-refractivity contribution in [1.29, 1.82) is 0 Å². The van der Waals surface area contributed by atoms with E-state index in [9.17, 15) is 4.79 Å². The van der Waals surface area contributed by atoms with Crippen molar-refractivity contribution < 1.29 is 14.6 Å². The molecule has 0 saturated carbocycles. The van der Waals surface area contributed by atoms with Crippen LogP contribution in [0.15, 0.2) is 0 Å². The molecule has 0 amide bonds. The monoisotopic (exact) mass is 187 g/mol. The van der Waals surface area contributed by atoms with Gasteiger partial charge in [0.05, 0.1) is 12.5 Å². The van der Waals surface area contributed by atoms with E-state index in [1.807, 2.05) is 0 Å². The topological polar surface area (TPSA) is 49.8 Å². The highest BCUT2D eigenvalue weighted by Crippen LogP contribution is 2.12. The molecule has 0 bridgehead atoms. The molecule has 0 radical (unpaired) electrons. The van der Waals surface area contributed by atoms with Crippen molar-refractivity contribution in [3.63, 3.8) is 0 Å². The van der Waals surface area contributed by atoms with E-state index in [-0.39, 0.29) is 6.42 Å². The summed E-state index contributed by atoms with van der Waals surface area (Å²) < 4.78 is 5.22. The molecule has 4 heteroatoms. The summed E-state index contributed by atoms with van der Waals surface area (Å²) in [5.74, 6) is -0.714. The number of rotatable bonds is 4. The van der Waals surface area contributed by atoms with E-state index >= 15 is 0 Å². The number of hydrogen-bond donors (Lipinski definition) is 1. The summed E-state index contributed by atoms with van der Waals surface area (Å²) >= 11 is 0. The predicted octanol–water partition coefficient (Wildman–Crippen LogP) is 0.572. The van der Waals surface area contributed by atoms with Gasteiger partial charge in [-0.25, -0.2) is 0 Å². The molecule has 4 nitrogen and oxygen atoms in total. The van der Waals surface area contributed by atoms with Gasteiger partial charge >= 0.3 is 5.97 Å². The van der Waals surface area contributed by atoms with Crippen molar-refractivity contribution >= 4 is 5.97 Å². The summed E-state index contributed by atoms with van der Waals surface area (Å²) in [6.07, 6.45) is 2.67. The van der Waals surface area contributed by atoms with Gasteiger partial charge in [-0.1, -0.05) is 0 Å². The smallest absolute Gasteiger partial charge is 0.304 e. The van der Waals surface area contributed by atoms with E-state index in [1.165, 1.54) is 0 Å². The average Bonchev–Trinajstić information content (AvgIpc) is 2.15. The second-order valence-electron chi connectivity index (χ2n) is 3.42. The number of piperidine rings is 1. The van der Waals surface area contributed by atoms with Gasteiger partial charge in [-0.2, -0.15) is 0 Å². The van der Waals surface area contributed by atoms with Gasteiger partial charge in [0.25, 0.3) is 0 Å². The van der Waals surface area contributed by atoms with E-state index in [1.54, 1.807) is 7.11 Å². The Hall–Kier alpha value is -0.610. The molecule has 0 unspecified atom stereocenters. The molecule has 13 heavy (non-hydrogen) atoms. The standard InChI is InChI=1S/C9H17NO3/c1-13-8-2-5-10(6-3-8)7-4-9(11)12/h8H,2-7H2,1H3,(H,11,12). The molecule has 0 atom stereocenters. The molecule has 0 aromatic rings. The van der Waals surface area contributed by atoms with Gasteiger partial charge in [0, 0.05) is 26.7 Å². The number of carboxylic acid groups (broad SMARTS) is 1. The van der Waals surface area contributed by atoms with E-state index in [2.05, 4.69) is 4.90 Å². The first-order valence-electron chi connectivity index (χ1n) is 4.69. The minimum absolute atomic E-state index is 0.248. The fourth-order valence-corrected chi connectivity index (χ4v) is 1.62. The number of nitrogens with zero attached hydrogens (tertiary/aromatic N) is 1. The quantitative estimate of drug-likeness (QED) is 0.699. The Bertz CT molecular complexity index is 164. The number of hydrogen-bond acceptors (Lipinski definition) is 3. The van der Waals surface area contributed by atoms with Crippen LogP contribution in [0.3, 0.4) is 0 Å². The highest BCUT2D eigenvalue weighted by Gasteiger charge is 2.18. The summed E-state index contributed by atoms with van der Waals surface area (Å²) in [6.45, 7) is 2.60. The van der Waals surface area contributed by atoms with Crippen LogP contribution in [0.2, 0.25) is 0 Å². The maximum atomic E-state index is 10.3. The van der Waals surface area contributed by atoms with E-state index < -0.39 is 5.97 Å².